The van der Waals surface area contributed by atoms with Crippen molar-refractivity contribution in [3.8, 4) is 0 Å². The molecule has 1 aliphatic heterocycles. The topological polar surface area (TPSA) is 23.6 Å². The van der Waals surface area contributed by atoms with Gasteiger partial charge in [0.1, 0.15) is 5.82 Å². The average molecular weight is 423 g/mol. The summed E-state index contributed by atoms with van der Waals surface area (Å²) < 4.78 is 13.4. The Morgan fingerprint density at radius 2 is 1.68 bits per heavy atom. The molecule has 0 unspecified atom stereocenters. The van der Waals surface area contributed by atoms with Crippen LogP contribution in [-0.2, 0) is 16.8 Å². The molecule has 1 saturated heterocycles. The van der Waals surface area contributed by atoms with Crippen LogP contribution in [0.25, 0.3) is 0 Å². The van der Waals surface area contributed by atoms with Gasteiger partial charge in [-0.3, -0.25) is 4.79 Å². The standard InChI is InChI=1S/C22H25Cl2FN2O/c1-26-9-7-22(8-10-26,17-3-5-20(25)6-4-17)14-21(28)27(2)15-16-11-18(23)13-19(24)12-16/h3-6,11-13H,7-10,14-15H2,1-2H3. The fraction of sp³-hybridized carbons (Fsp3) is 0.409. The van der Waals surface area contributed by atoms with Crippen molar-refractivity contribution in [1.82, 2.24) is 9.80 Å². The van der Waals surface area contributed by atoms with E-state index in [1.54, 1.807) is 18.0 Å². The molecule has 0 aliphatic carbocycles. The Hall–Kier alpha value is -1.62. The van der Waals surface area contributed by atoms with E-state index in [1.807, 2.05) is 24.3 Å². The lowest BCUT2D eigenvalue weighted by Crippen LogP contribution is -2.44. The van der Waals surface area contributed by atoms with Crippen molar-refractivity contribution in [2.45, 2.75) is 31.2 Å². The highest BCUT2D eigenvalue weighted by atomic mass is 35.5. The summed E-state index contributed by atoms with van der Waals surface area (Å²) in [6.07, 6.45) is 2.15. The number of carbonyl (C=O) groups excluding carboxylic acids is 1. The number of benzene rings is 2. The molecule has 1 aliphatic rings. The van der Waals surface area contributed by atoms with Gasteiger partial charge >= 0.3 is 0 Å². The minimum Gasteiger partial charge on any atom is -0.341 e. The molecule has 6 heteroatoms. The van der Waals surface area contributed by atoms with Crippen molar-refractivity contribution in [2.75, 3.05) is 27.2 Å². The highest BCUT2D eigenvalue weighted by Gasteiger charge is 2.38. The highest BCUT2D eigenvalue weighted by Crippen LogP contribution is 2.39. The predicted molar refractivity (Wildman–Crippen MR) is 112 cm³/mol. The van der Waals surface area contributed by atoms with E-state index >= 15 is 0 Å². The number of halogens is 3. The maximum Gasteiger partial charge on any atom is 0.223 e. The Bertz CT molecular complexity index is 813. The summed E-state index contributed by atoms with van der Waals surface area (Å²) in [5.74, 6) is -0.196. The molecule has 0 spiro atoms. The fourth-order valence-electron chi connectivity index (χ4n) is 3.91. The number of hydrogen-bond acceptors (Lipinski definition) is 2. The Morgan fingerprint density at radius 3 is 2.25 bits per heavy atom. The third-order valence-electron chi connectivity index (χ3n) is 5.66. The van der Waals surface area contributed by atoms with Gasteiger partial charge in [0, 0.05) is 35.5 Å². The van der Waals surface area contributed by atoms with E-state index in [2.05, 4.69) is 11.9 Å². The lowest BCUT2D eigenvalue weighted by atomic mass is 9.70. The third kappa shape index (κ3) is 5.05. The van der Waals surface area contributed by atoms with Crippen molar-refractivity contribution < 1.29 is 9.18 Å². The van der Waals surface area contributed by atoms with Gasteiger partial charge in [-0.25, -0.2) is 4.39 Å². The number of nitrogens with zero attached hydrogens (tertiary/aromatic N) is 2. The second-order valence-electron chi connectivity index (χ2n) is 7.79. The van der Waals surface area contributed by atoms with Crippen molar-refractivity contribution in [2.24, 2.45) is 0 Å². The minimum absolute atomic E-state index is 0.0602. The number of piperidine rings is 1. The summed E-state index contributed by atoms with van der Waals surface area (Å²) in [6, 6.07) is 11.9. The smallest absolute Gasteiger partial charge is 0.223 e. The highest BCUT2D eigenvalue weighted by molar-refractivity contribution is 6.34. The monoisotopic (exact) mass is 422 g/mol. The molecule has 1 amide bonds. The van der Waals surface area contributed by atoms with E-state index in [-0.39, 0.29) is 17.1 Å². The summed E-state index contributed by atoms with van der Waals surface area (Å²) in [4.78, 5) is 17.1. The molecule has 0 saturated carbocycles. The summed E-state index contributed by atoms with van der Waals surface area (Å²) >= 11 is 12.1. The fourth-order valence-corrected chi connectivity index (χ4v) is 4.48. The SMILES string of the molecule is CN1CCC(CC(=O)N(C)Cc2cc(Cl)cc(Cl)c2)(c2ccc(F)cc2)CC1. The van der Waals surface area contributed by atoms with Crippen molar-refractivity contribution in [3.05, 3.63) is 69.5 Å². The molecule has 2 aromatic rings. The Kier molecular flexibility index (Phi) is 6.64. The van der Waals surface area contributed by atoms with Crippen LogP contribution in [0.15, 0.2) is 42.5 Å². The zero-order chi connectivity index (χ0) is 20.3. The van der Waals surface area contributed by atoms with E-state index in [4.69, 9.17) is 23.2 Å². The molecule has 150 valence electrons. The van der Waals surface area contributed by atoms with Gasteiger partial charge in [-0.05, 0) is 74.4 Å². The van der Waals surface area contributed by atoms with Crippen LogP contribution < -0.4 is 0 Å². The molecule has 28 heavy (non-hydrogen) atoms. The second-order valence-corrected chi connectivity index (χ2v) is 8.67. The van der Waals surface area contributed by atoms with Gasteiger partial charge < -0.3 is 9.80 Å². The molecule has 0 radical (unpaired) electrons. The van der Waals surface area contributed by atoms with Crippen molar-refractivity contribution in [1.29, 1.82) is 0 Å². The number of carbonyl (C=O) groups is 1. The largest absolute Gasteiger partial charge is 0.341 e. The zero-order valence-corrected chi connectivity index (χ0v) is 17.7. The van der Waals surface area contributed by atoms with Crippen LogP contribution in [0.3, 0.4) is 0 Å². The van der Waals surface area contributed by atoms with Crippen LogP contribution in [0.2, 0.25) is 10.0 Å². The van der Waals surface area contributed by atoms with Gasteiger partial charge in [-0.1, -0.05) is 35.3 Å². The molecule has 1 fully saturated rings. The van der Waals surface area contributed by atoms with Crippen LogP contribution in [0, 0.1) is 5.82 Å². The van der Waals surface area contributed by atoms with Gasteiger partial charge in [-0.15, -0.1) is 0 Å². The first kappa shape index (κ1) is 21.1. The van der Waals surface area contributed by atoms with Crippen LogP contribution >= 0.6 is 23.2 Å². The number of likely N-dealkylation sites (tertiary alicyclic amines) is 1. The van der Waals surface area contributed by atoms with E-state index in [0.29, 0.717) is 23.0 Å². The zero-order valence-electron chi connectivity index (χ0n) is 16.2. The van der Waals surface area contributed by atoms with Crippen LogP contribution in [-0.4, -0.2) is 42.9 Å². The molecule has 0 N–H and O–H groups in total. The van der Waals surface area contributed by atoms with Gasteiger partial charge in [-0.2, -0.15) is 0 Å². The second kappa shape index (κ2) is 8.81. The summed E-state index contributed by atoms with van der Waals surface area (Å²) in [5, 5.41) is 1.11. The summed E-state index contributed by atoms with van der Waals surface area (Å²) in [7, 11) is 3.88. The van der Waals surface area contributed by atoms with Crippen molar-refractivity contribution >= 4 is 29.1 Å². The third-order valence-corrected chi connectivity index (χ3v) is 6.09. The first-order valence-corrected chi connectivity index (χ1v) is 10.2. The summed E-state index contributed by atoms with van der Waals surface area (Å²) in [6.45, 7) is 2.27. The molecule has 0 atom stereocenters. The minimum atomic E-state index is -0.266. The van der Waals surface area contributed by atoms with Crippen molar-refractivity contribution in [3.63, 3.8) is 0 Å². The first-order valence-electron chi connectivity index (χ1n) is 9.41. The normalized spacial score (nSPS) is 16.8. The van der Waals surface area contributed by atoms with E-state index in [0.717, 1.165) is 37.1 Å². The van der Waals surface area contributed by atoms with Gasteiger partial charge in [0.2, 0.25) is 5.91 Å². The number of amides is 1. The van der Waals surface area contributed by atoms with Crippen LogP contribution in [0.1, 0.15) is 30.4 Å². The van der Waals surface area contributed by atoms with E-state index in [1.165, 1.54) is 12.1 Å². The number of hydrogen-bond donors (Lipinski definition) is 0. The van der Waals surface area contributed by atoms with Crippen LogP contribution in [0.4, 0.5) is 4.39 Å². The quantitative estimate of drug-likeness (QED) is 0.665. The molecule has 3 nitrogen and oxygen atoms in total. The Labute approximate surface area is 176 Å². The summed E-state index contributed by atoms with van der Waals surface area (Å²) in [5.41, 5.74) is 1.67. The molecule has 2 aromatic carbocycles. The number of rotatable bonds is 5. The van der Waals surface area contributed by atoms with Gasteiger partial charge in [0.15, 0.2) is 0 Å². The Balaban J connectivity index is 1.78. The van der Waals surface area contributed by atoms with E-state index < -0.39 is 0 Å². The van der Waals surface area contributed by atoms with Gasteiger partial charge in [0.05, 0.1) is 0 Å². The first-order chi connectivity index (χ1) is 13.3. The average Bonchev–Trinajstić information content (AvgIpc) is 2.63. The van der Waals surface area contributed by atoms with Gasteiger partial charge in [0.25, 0.3) is 0 Å². The molecule has 3 rings (SSSR count). The molecular weight excluding hydrogens is 398 g/mol. The molecule has 1 heterocycles. The molecule has 0 bridgehead atoms. The lowest BCUT2D eigenvalue weighted by molar-refractivity contribution is -0.132. The maximum atomic E-state index is 13.4. The Morgan fingerprint density at radius 1 is 1.11 bits per heavy atom. The van der Waals surface area contributed by atoms with E-state index in [9.17, 15) is 9.18 Å². The maximum absolute atomic E-state index is 13.4. The van der Waals surface area contributed by atoms with Crippen LogP contribution in [0.5, 0.6) is 0 Å². The predicted octanol–water partition coefficient (Wildman–Crippen LogP) is 5.14. The molecular formula is C22H25Cl2FN2O. The molecule has 0 aromatic heterocycles. The lowest BCUT2D eigenvalue weighted by Gasteiger charge is -2.41.